The van der Waals surface area contributed by atoms with Crippen LogP contribution in [0.3, 0.4) is 0 Å². The number of hydrogen-bond acceptors (Lipinski definition) is 4. The van der Waals surface area contributed by atoms with Crippen LogP contribution in [-0.2, 0) is 4.74 Å². The molecule has 4 heteroatoms. The largest absolute Gasteiger partial charge is 0.381 e. The van der Waals surface area contributed by atoms with Gasteiger partial charge in [0.1, 0.15) is 5.82 Å². The molecular formula is C15H25N3O. The Labute approximate surface area is 116 Å². The summed E-state index contributed by atoms with van der Waals surface area (Å²) in [5, 5.41) is 3.50. The van der Waals surface area contributed by atoms with Gasteiger partial charge >= 0.3 is 0 Å². The van der Waals surface area contributed by atoms with Crippen molar-refractivity contribution in [1.29, 1.82) is 0 Å². The zero-order chi connectivity index (χ0) is 13.7. The summed E-state index contributed by atoms with van der Waals surface area (Å²) in [4.78, 5) is 6.81. The summed E-state index contributed by atoms with van der Waals surface area (Å²) >= 11 is 0. The van der Waals surface area contributed by atoms with Crippen LogP contribution < -0.4 is 10.2 Å². The number of nitrogens with zero attached hydrogens (tertiary/aromatic N) is 2. The van der Waals surface area contributed by atoms with Crippen molar-refractivity contribution >= 4 is 11.5 Å². The van der Waals surface area contributed by atoms with E-state index in [1.54, 1.807) is 0 Å². The van der Waals surface area contributed by atoms with Crippen LogP contribution in [0.2, 0.25) is 0 Å². The molecule has 2 rings (SSSR count). The molecule has 4 nitrogen and oxygen atoms in total. The topological polar surface area (TPSA) is 37.4 Å². The molecule has 0 aliphatic carbocycles. The lowest BCUT2D eigenvalue weighted by atomic mass is 10.1. The molecule has 0 amide bonds. The SMILES string of the molecule is CC(C)CC(C)Nc1ccc(N2CCOCC2)nc1. The summed E-state index contributed by atoms with van der Waals surface area (Å²) in [5.74, 6) is 1.76. The molecule has 1 aromatic heterocycles. The predicted molar refractivity (Wildman–Crippen MR) is 79.8 cm³/mol. The maximum Gasteiger partial charge on any atom is 0.128 e. The Morgan fingerprint density at radius 2 is 2.00 bits per heavy atom. The first-order chi connectivity index (χ1) is 9.15. The van der Waals surface area contributed by atoms with Crippen LogP contribution in [0.5, 0.6) is 0 Å². The molecule has 19 heavy (non-hydrogen) atoms. The van der Waals surface area contributed by atoms with E-state index in [1.165, 1.54) is 6.42 Å². The van der Waals surface area contributed by atoms with Crippen LogP contribution in [0.1, 0.15) is 27.2 Å². The first-order valence-corrected chi connectivity index (χ1v) is 7.20. The summed E-state index contributed by atoms with van der Waals surface area (Å²) in [6, 6.07) is 4.70. The summed E-state index contributed by atoms with van der Waals surface area (Å²) in [7, 11) is 0. The highest BCUT2D eigenvalue weighted by Gasteiger charge is 2.12. The highest BCUT2D eigenvalue weighted by molar-refractivity contribution is 5.49. The minimum atomic E-state index is 0.482. The molecule has 1 fully saturated rings. The summed E-state index contributed by atoms with van der Waals surface area (Å²) < 4.78 is 5.35. The van der Waals surface area contributed by atoms with E-state index in [1.807, 2.05) is 6.20 Å². The van der Waals surface area contributed by atoms with Crippen LogP contribution in [0.4, 0.5) is 11.5 Å². The van der Waals surface area contributed by atoms with E-state index in [4.69, 9.17) is 4.74 Å². The smallest absolute Gasteiger partial charge is 0.128 e. The molecule has 1 saturated heterocycles. The molecule has 0 aromatic carbocycles. The molecule has 106 valence electrons. The van der Waals surface area contributed by atoms with E-state index in [0.29, 0.717) is 12.0 Å². The van der Waals surface area contributed by atoms with Crippen LogP contribution in [0, 0.1) is 5.92 Å². The standard InChI is InChI=1S/C15H25N3O/c1-12(2)10-13(3)17-14-4-5-15(16-11-14)18-6-8-19-9-7-18/h4-5,11-13,17H,6-10H2,1-3H3. The second-order valence-electron chi connectivity index (χ2n) is 5.68. The Morgan fingerprint density at radius 1 is 1.26 bits per heavy atom. The van der Waals surface area contributed by atoms with Crippen molar-refractivity contribution in [2.45, 2.75) is 33.2 Å². The van der Waals surface area contributed by atoms with Gasteiger partial charge in [0.15, 0.2) is 0 Å². The van der Waals surface area contributed by atoms with Crippen molar-refractivity contribution in [3.05, 3.63) is 18.3 Å². The fraction of sp³-hybridized carbons (Fsp3) is 0.667. The number of aromatic nitrogens is 1. The lowest BCUT2D eigenvalue weighted by Crippen LogP contribution is -2.36. The molecule has 1 N–H and O–H groups in total. The number of morpholine rings is 1. The van der Waals surface area contributed by atoms with Gasteiger partial charge < -0.3 is 15.0 Å². The van der Waals surface area contributed by atoms with Crippen LogP contribution >= 0.6 is 0 Å². The lowest BCUT2D eigenvalue weighted by molar-refractivity contribution is 0.122. The van der Waals surface area contributed by atoms with E-state index in [9.17, 15) is 0 Å². The second kappa shape index (κ2) is 6.75. The fourth-order valence-corrected chi connectivity index (χ4v) is 2.50. The highest BCUT2D eigenvalue weighted by atomic mass is 16.5. The predicted octanol–water partition coefficient (Wildman–Crippen LogP) is 2.76. The molecular weight excluding hydrogens is 238 g/mol. The molecule has 1 unspecified atom stereocenters. The van der Waals surface area contributed by atoms with Gasteiger partial charge in [-0.25, -0.2) is 4.98 Å². The molecule has 2 heterocycles. The zero-order valence-electron chi connectivity index (χ0n) is 12.2. The molecule has 1 aliphatic rings. The van der Waals surface area contributed by atoms with E-state index in [0.717, 1.165) is 37.8 Å². The summed E-state index contributed by atoms with van der Waals surface area (Å²) in [5.41, 5.74) is 1.10. The average Bonchev–Trinajstić information content (AvgIpc) is 2.39. The van der Waals surface area contributed by atoms with Crippen LogP contribution in [0.25, 0.3) is 0 Å². The van der Waals surface area contributed by atoms with E-state index >= 15 is 0 Å². The average molecular weight is 263 g/mol. The second-order valence-corrected chi connectivity index (χ2v) is 5.68. The quantitative estimate of drug-likeness (QED) is 0.886. The Bertz CT molecular complexity index is 371. The summed E-state index contributed by atoms with van der Waals surface area (Å²) in [6.45, 7) is 10.2. The number of pyridine rings is 1. The van der Waals surface area contributed by atoms with Gasteiger partial charge in [0.05, 0.1) is 25.1 Å². The number of nitrogens with one attached hydrogen (secondary N) is 1. The van der Waals surface area contributed by atoms with Gasteiger partial charge in [-0.2, -0.15) is 0 Å². The number of anilines is 2. The molecule has 0 bridgehead atoms. The van der Waals surface area contributed by atoms with Gasteiger partial charge in [-0.05, 0) is 31.4 Å². The molecule has 1 atom stereocenters. The zero-order valence-corrected chi connectivity index (χ0v) is 12.2. The van der Waals surface area contributed by atoms with Crippen molar-refractivity contribution < 1.29 is 4.74 Å². The maximum atomic E-state index is 5.35. The van der Waals surface area contributed by atoms with E-state index in [2.05, 4.69) is 48.1 Å². The third kappa shape index (κ3) is 4.39. The molecule has 0 radical (unpaired) electrons. The highest BCUT2D eigenvalue weighted by Crippen LogP contribution is 2.17. The number of ether oxygens (including phenoxy) is 1. The minimum absolute atomic E-state index is 0.482. The van der Waals surface area contributed by atoms with Crippen molar-refractivity contribution in [2.75, 3.05) is 36.5 Å². The third-order valence-corrected chi connectivity index (χ3v) is 3.32. The number of rotatable bonds is 5. The van der Waals surface area contributed by atoms with E-state index in [-0.39, 0.29) is 0 Å². The van der Waals surface area contributed by atoms with Gasteiger partial charge in [-0.15, -0.1) is 0 Å². The fourth-order valence-electron chi connectivity index (χ4n) is 2.50. The Morgan fingerprint density at radius 3 is 2.58 bits per heavy atom. The molecule has 0 saturated carbocycles. The van der Waals surface area contributed by atoms with Gasteiger partial charge in [-0.1, -0.05) is 13.8 Å². The number of hydrogen-bond donors (Lipinski definition) is 1. The van der Waals surface area contributed by atoms with Gasteiger partial charge in [0.2, 0.25) is 0 Å². The van der Waals surface area contributed by atoms with Gasteiger partial charge in [0, 0.05) is 19.1 Å². The Balaban J connectivity index is 1.90. The lowest BCUT2D eigenvalue weighted by Gasteiger charge is -2.28. The van der Waals surface area contributed by atoms with E-state index < -0.39 is 0 Å². The first-order valence-electron chi connectivity index (χ1n) is 7.20. The summed E-state index contributed by atoms with van der Waals surface area (Å²) in [6.07, 6.45) is 3.10. The molecule has 1 aromatic rings. The Kier molecular flexibility index (Phi) is 5.02. The van der Waals surface area contributed by atoms with Gasteiger partial charge in [-0.3, -0.25) is 0 Å². The van der Waals surface area contributed by atoms with Crippen LogP contribution in [-0.4, -0.2) is 37.3 Å². The van der Waals surface area contributed by atoms with Crippen molar-refractivity contribution in [3.8, 4) is 0 Å². The van der Waals surface area contributed by atoms with Crippen LogP contribution in [0.15, 0.2) is 18.3 Å². The maximum absolute atomic E-state index is 5.35. The van der Waals surface area contributed by atoms with Crippen molar-refractivity contribution in [3.63, 3.8) is 0 Å². The molecule has 1 aliphatic heterocycles. The van der Waals surface area contributed by atoms with Crippen molar-refractivity contribution in [1.82, 2.24) is 4.98 Å². The monoisotopic (exact) mass is 263 g/mol. The Hall–Kier alpha value is -1.29. The normalized spacial score (nSPS) is 17.6. The minimum Gasteiger partial charge on any atom is -0.381 e. The first kappa shape index (κ1) is 14.1. The molecule has 0 spiro atoms. The van der Waals surface area contributed by atoms with Crippen molar-refractivity contribution in [2.24, 2.45) is 5.92 Å². The van der Waals surface area contributed by atoms with Gasteiger partial charge in [0.25, 0.3) is 0 Å². The third-order valence-electron chi connectivity index (χ3n) is 3.32.